The van der Waals surface area contributed by atoms with E-state index in [9.17, 15) is 18.0 Å². The Kier molecular flexibility index (Phi) is 5.30. The van der Waals surface area contributed by atoms with E-state index in [2.05, 4.69) is 0 Å². The lowest BCUT2D eigenvalue weighted by Gasteiger charge is -2.39. The normalized spacial score (nSPS) is 20.2. The van der Waals surface area contributed by atoms with Crippen LogP contribution in [0.25, 0.3) is 0 Å². The minimum atomic E-state index is -3.83. The molecule has 0 aromatic heterocycles. The highest BCUT2D eigenvalue weighted by molar-refractivity contribution is 7.93. The van der Waals surface area contributed by atoms with E-state index in [4.69, 9.17) is 11.6 Å². The van der Waals surface area contributed by atoms with Crippen LogP contribution in [0.2, 0.25) is 5.02 Å². The molecule has 0 N–H and O–H groups in total. The standard InChI is InChI=1S/C18H23ClN2O4S/c1-14(22)20-10-12-21(13-11-20)17(23)18(8-2-3-9-18)26(24,25)16-6-4-15(19)5-7-16/h4-7H,2-3,8-13H2,1H3. The van der Waals surface area contributed by atoms with Crippen LogP contribution < -0.4 is 0 Å². The molecule has 0 radical (unpaired) electrons. The maximum absolute atomic E-state index is 13.4. The van der Waals surface area contributed by atoms with Gasteiger partial charge in [-0.1, -0.05) is 24.4 Å². The molecule has 1 saturated heterocycles. The molecule has 1 aromatic rings. The first-order valence-electron chi connectivity index (χ1n) is 8.83. The van der Waals surface area contributed by atoms with E-state index < -0.39 is 14.6 Å². The number of rotatable bonds is 3. The van der Waals surface area contributed by atoms with Crippen molar-refractivity contribution in [2.24, 2.45) is 0 Å². The summed E-state index contributed by atoms with van der Waals surface area (Å²) in [6.07, 6.45) is 2.10. The molecule has 1 saturated carbocycles. The van der Waals surface area contributed by atoms with E-state index in [0.29, 0.717) is 56.9 Å². The van der Waals surface area contributed by atoms with Crippen LogP contribution in [0.1, 0.15) is 32.6 Å². The molecule has 0 atom stereocenters. The van der Waals surface area contributed by atoms with Gasteiger partial charge in [0.15, 0.2) is 14.6 Å². The summed E-state index contributed by atoms with van der Waals surface area (Å²) in [5.41, 5.74) is 0. The summed E-state index contributed by atoms with van der Waals surface area (Å²) in [6.45, 7) is 3.13. The molecule has 0 unspecified atom stereocenters. The van der Waals surface area contributed by atoms with Crippen LogP contribution in [0.5, 0.6) is 0 Å². The third-order valence-electron chi connectivity index (χ3n) is 5.45. The van der Waals surface area contributed by atoms with Gasteiger partial charge in [0.25, 0.3) is 0 Å². The molecule has 1 heterocycles. The molecule has 8 heteroatoms. The summed E-state index contributed by atoms with van der Waals surface area (Å²) < 4.78 is 25.3. The molecule has 26 heavy (non-hydrogen) atoms. The van der Waals surface area contributed by atoms with Crippen molar-refractivity contribution in [1.82, 2.24) is 9.80 Å². The van der Waals surface area contributed by atoms with Gasteiger partial charge < -0.3 is 9.80 Å². The first-order valence-corrected chi connectivity index (χ1v) is 10.7. The van der Waals surface area contributed by atoms with Crippen LogP contribution in [0, 0.1) is 0 Å². The van der Waals surface area contributed by atoms with Crippen molar-refractivity contribution in [3.8, 4) is 0 Å². The molecular formula is C18H23ClN2O4S. The largest absolute Gasteiger partial charge is 0.339 e. The predicted octanol–water partition coefficient (Wildman–Crippen LogP) is 2.12. The number of carbonyl (C=O) groups excluding carboxylic acids is 2. The molecule has 3 rings (SSSR count). The van der Waals surface area contributed by atoms with Crippen LogP contribution in [-0.4, -0.2) is 61.0 Å². The number of nitrogens with zero attached hydrogens (tertiary/aromatic N) is 2. The van der Waals surface area contributed by atoms with Crippen molar-refractivity contribution < 1.29 is 18.0 Å². The van der Waals surface area contributed by atoms with Gasteiger partial charge in [-0.05, 0) is 37.1 Å². The summed E-state index contributed by atoms with van der Waals surface area (Å²) in [4.78, 5) is 28.2. The lowest BCUT2D eigenvalue weighted by atomic mass is 10.0. The van der Waals surface area contributed by atoms with Crippen LogP contribution in [0.4, 0.5) is 0 Å². The Bertz CT molecular complexity index is 793. The van der Waals surface area contributed by atoms with Gasteiger partial charge in [0.2, 0.25) is 11.8 Å². The Hall–Kier alpha value is -1.60. The number of piperazine rings is 1. The zero-order valence-electron chi connectivity index (χ0n) is 14.8. The van der Waals surface area contributed by atoms with Gasteiger partial charge >= 0.3 is 0 Å². The third kappa shape index (κ3) is 3.22. The number of sulfone groups is 1. The summed E-state index contributed by atoms with van der Waals surface area (Å²) in [5, 5.41) is 0.455. The fourth-order valence-electron chi connectivity index (χ4n) is 3.90. The van der Waals surface area contributed by atoms with Gasteiger partial charge in [-0.15, -0.1) is 0 Å². The average molecular weight is 399 g/mol. The van der Waals surface area contributed by atoms with Gasteiger partial charge in [-0.2, -0.15) is 0 Å². The molecule has 2 aliphatic rings. The first-order chi connectivity index (χ1) is 12.3. The molecule has 2 amide bonds. The van der Waals surface area contributed by atoms with Crippen molar-refractivity contribution in [2.75, 3.05) is 26.2 Å². The Balaban J connectivity index is 1.89. The second kappa shape index (κ2) is 7.19. The van der Waals surface area contributed by atoms with Crippen molar-refractivity contribution in [1.29, 1.82) is 0 Å². The zero-order chi connectivity index (χ0) is 18.9. The number of amides is 2. The maximum Gasteiger partial charge on any atom is 0.244 e. The second-order valence-electron chi connectivity index (χ2n) is 6.96. The van der Waals surface area contributed by atoms with E-state index in [-0.39, 0.29) is 16.7 Å². The molecule has 1 aromatic carbocycles. The highest BCUT2D eigenvalue weighted by Crippen LogP contribution is 2.42. The molecule has 0 spiro atoms. The monoisotopic (exact) mass is 398 g/mol. The van der Waals surface area contributed by atoms with Gasteiger partial charge in [-0.25, -0.2) is 8.42 Å². The highest BCUT2D eigenvalue weighted by atomic mass is 35.5. The number of benzene rings is 1. The summed E-state index contributed by atoms with van der Waals surface area (Å²) in [6, 6.07) is 6.01. The number of carbonyl (C=O) groups is 2. The van der Waals surface area contributed by atoms with Crippen molar-refractivity contribution in [2.45, 2.75) is 42.2 Å². The Labute approximate surface area is 159 Å². The summed E-state index contributed by atoms with van der Waals surface area (Å²) in [5.74, 6) is -0.352. The number of halogens is 1. The lowest BCUT2D eigenvalue weighted by Crippen LogP contribution is -2.58. The third-order valence-corrected chi connectivity index (χ3v) is 8.21. The molecule has 1 aliphatic carbocycles. The van der Waals surface area contributed by atoms with E-state index in [1.54, 1.807) is 9.80 Å². The molecule has 1 aliphatic heterocycles. The van der Waals surface area contributed by atoms with Gasteiger partial charge in [-0.3, -0.25) is 9.59 Å². The summed E-state index contributed by atoms with van der Waals surface area (Å²) >= 11 is 5.88. The van der Waals surface area contributed by atoms with E-state index >= 15 is 0 Å². The predicted molar refractivity (Wildman–Crippen MR) is 98.7 cm³/mol. The molecule has 142 valence electrons. The second-order valence-corrected chi connectivity index (χ2v) is 9.65. The minimum absolute atomic E-state index is 0.0264. The van der Waals surface area contributed by atoms with Crippen LogP contribution in [-0.2, 0) is 19.4 Å². The number of hydrogen-bond donors (Lipinski definition) is 0. The fraction of sp³-hybridized carbons (Fsp3) is 0.556. The molecule has 0 bridgehead atoms. The fourth-order valence-corrected chi connectivity index (χ4v) is 6.15. The Morgan fingerprint density at radius 1 is 0.962 bits per heavy atom. The Morgan fingerprint density at radius 3 is 1.96 bits per heavy atom. The van der Waals surface area contributed by atoms with E-state index in [1.807, 2.05) is 0 Å². The first kappa shape index (κ1) is 19.2. The van der Waals surface area contributed by atoms with E-state index in [1.165, 1.54) is 31.2 Å². The zero-order valence-corrected chi connectivity index (χ0v) is 16.4. The Morgan fingerprint density at radius 2 is 1.46 bits per heavy atom. The minimum Gasteiger partial charge on any atom is -0.339 e. The number of hydrogen-bond acceptors (Lipinski definition) is 4. The average Bonchev–Trinajstić information content (AvgIpc) is 3.13. The SMILES string of the molecule is CC(=O)N1CCN(C(=O)C2(S(=O)(=O)c3ccc(Cl)cc3)CCCC2)CC1. The van der Waals surface area contributed by atoms with E-state index in [0.717, 1.165) is 0 Å². The van der Waals surface area contributed by atoms with Gasteiger partial charge in [0.1, 0.15) is 0 Å². The van der Waals surface area contributed by atoms with Crippen LogP contribution >= 0.6 is 11.6 Å². The topological polar surface area (TPSA) is 74.8 Å². The van der Waals surface area contributed by atoms with Crippen molar-refractivity contribution >= 4 is 33.3 Å². The van der Waals surface area contributed by atoms with Crippen LogP contribution in [0.3, 0.4) is 0 Å². The molecule has 6 nitrogen and oxygen atoms in total. The molecule has 2 fully saturated rings. The quantitative estimate of drug-likeness (QED) is 0.781. The van der Waals surface area contributed by atoms with Crippen molar-refractivity contribution in [3.63, 3.8) is 0 Å². The molecular weight excluding hydrogens is 376 g/mol. The van der Waals surface area contributed by atoms with Crippen molar-refractivity contribution in [3.05, 3.63) is 29.3 Å². The lowest BCUT2D eigenvalue weighted by molar-refractivity contribution is -0.140. The summed E-state index contributed by atoms with van der Waals surface area (Å²) in [7, 11) is -3.83. The highest BCUT2D eigenvalue weighted by Gasteiger charge is 2.54. The van der Waals surface area contributed by atoms with Crippen LogP contribution in [0.15, 0.2) is 29.2 Å². The van der Waals surface area contributed by atoms with Gasteiger partial charge in [0, 0.05) is 38.1 Å². The maximum atomic E-state index is 13.4. The van der Waals surface area contributed by atoms with Gasteiger partial charge in [0.05, 0.1) is 4.90 Å². The smallest absolute Gasteiger partial charge is 0.244 e.